The molecule has 3 heterocycles. The molecule has 1 aromatic carbocycles. The summed E-state index contributed by atoms with van der Waals surface area (Å²) in [5.41, 5.74) is 12.5. The number of rotatable bonds is 29. The number of carboxylic acids is 2. The van der Waals surface area contributed by atoms with Crippen molar-refractivity contribution in [1.29, 1.82) is 0 Å². The van der Waals surface area contributed by atoms with Crippen LogP contribution in [0, 0.1) is 11.8 Å². The van der Waals surface area contributed by atoms with E-state index < -0.39 is 65.7 Å². The van der Waals surface area contributed by atoms with Gasteiger partial charge in [-0.2, -0.15) is 12.6 Å². The molecule has 0 radical (unpaired) electrons. The predicted octanol–water partition coefficient (Wildman–Crippen LogP) is 0.777. The molecule has 0 bridgehead atoms. The van der Waals surface area contributed by atoms with Gasteiger partial charge in [0.05, 0.1) is 30.3 Å². The summed E-state index contributed by atoms with van der Waals surface area (Å²) >= 11 is 4.28. The number of amides is 3. The first-order valence-corrected chi connectivity index (χ1v) is 22.1. The number of aliphatic imine (C=N–C) groups is 3. The van der Waals surface area contributed by atoms with E-state index in [0.29, 0.717) is 56.5 Å². The maximum absolute atomic E-state index is 13.2. The predicted molar refractivity (Wildman–Crippen MR) is 238 cm³/mol. The highest BCUT2D eigenvalue weighted by atomic mass is 32.1. The van der Waals surface area contributed by atoms with Crippen LogP contribution >= 0.6 is 12.6 Å². The molecule has 63 heavy (non-hydrogen) atoms. The molecule has 20 nitrogen and oxygen atoms in total. The van der Waals surface area contributed by atoms with Crippen molar-refractivity contribution in [2.24, 2.45) is 38.3 Å². The van der Waals surface area contributed by atoms with E-state index in [-0.39, 0.29) is 85.9 Å². The monoisotopic (exact) mass is 896 g/mol. The number of aliphatic carboxylic acids is 2. The molecule has 11 N–H and O–H groups in total. The molecule has 3 aliphatic heterocycles. The van der Waals surface area contributed by atoms with Crippen LogP contribution in [0.4, 0.5) is 5.69 Å². The van der Waals surface area contributed by atoms with E-state index >= 15 is 0 Å². The zero-order valence-electron chi connectivity index (χ0n) is 35.3. The number of carboxylic acid groups (broad SMARTS) is 2. The van der Waals surface area contributed by atoms with Crippen molar-refractivity contribution in [3.63, 3.8) is 0 Å². The van der Waals surface area contributed by atoms with Crippen LogP contribution in [0.5, 0.6) is 0 Å². The van der Waals surface area contributed by atoms with Gasteiger partial charge < -0.3 is 42.9 Å². The fourth-order valence-electron chi connectivity index (χ4n) is 7.48. The number of carbonyl (C=O) groups is 8. The van der Waals surface area contributed by atoms with Gasteiger partial charge in [0, 0.05) is 54.8 Å². The summed E-state index contributed by atoms with van der Waals surface area (Å²) in [6.45, 7) is 1.45. The molecule has 7 unspecified atom stereocenters. The van der Waals surface area contributed by atoms with E-state index in [1.165, 1.54) is 18.3 Å². The van der Waals surface area contributed by atoms with E-state index in [0.717, 1.165) is 19.4 Å². The highest BCUT2D eigenvalue weighted by Crippen LogP contribution is 2.21. The maximum atomic E-state index is 13.2. The van der Waals surface area contributed by atoms with Gasteiger partial charge in [-0.3, -0.25) is 48.9 Å². The number of Topliss-reactive ketones (excluding diaryl/α,β-unsaturated/α-hetero) is 3. The molecule has 0 aromatic heterocycles. The van der Waals surface area contributed by atoms with Gasteiger partial charge >= 0.3 is 11.9 Å². The Bertz CT molecular complexity index is 1900. The number of carbonyl (C=O) groups excluding carboxylic acids is 6. The van der Waals surface area contributed by atoms with E-state index in [1.807, 2.05) is 0 Å². The van der Waals surface area contributed by atoms with Crippen LogP contribution in [-0.2, 0) is 33.6 Å². The number of guanidine groups is 1. The Morgan fingerprint density at radius 1 is 0.857 bits per heavy atom. The van der Waals surface area contributed by atoms with E-state index in [4.69, 9.17) is 11.5 Å². The van der Waals surface area contributed by atoms with E-state index in [9.17, 15) is 48.6 Å². The van der Waals surface area contributed by atoms with Crippen LogP contribution in [0.15, 0.2) is 39.2 Å². The lowest BCUT2D eigenvalue weighted by Crippen LogP contribution is -2.52. The molecule has 1 fully saturated rings. The summed E-state index contributed by atoms with van der Waals surface area (Å²) in [4.78, 5) is 114. The average Bonchev–Trinajstić information content (AvgIpc) is 3.81. The second-order valence-electron chi connectivity index (χ2n) is 16.0. The van der Waals surface area contributed by atoms with Gasteiger partial charge in [0.1, 0.15) is 11.8 Å². The number of fused-ring (bicyclic) bond motifs is 1. The van der Waals surface area contributed by atoms with Crippen LogP contribution in [0.1, 0.15) is 100 Å². The van der Waals surface area contributed by atoms with Crippen molar-refractivity contribution < 1.29 is 48.6 Å². The summed E-state index contributed by atoms with van der Waals surface area (Å²) in [5, 5.41) is 33.5. The average molecular weight is 897 g/mol. The SMILES string of the molecule is NCCCCC(CC(=O)C1CCCN1)C(=O)NC(CS)C(=O)CCCCCC(CC(=O)CCC(NC(=O)c1ccc(NCC2=NC3C(=O)NC(N)=NC3N=C2)cc1)C(=O)O)C(=O)O. The number of hydrogen-bond donors (Lipinski definition) is 10. The van der Waals surface area contributed by atoms with Gasteiger partial charge in [-0.1, -0.05) is 19.3 Å². The van der Waals surface area contributed by atoms with Crippen molar-refractivity contribution in [1.82, 2.24) is 21.3 Å². The molecule has 4 rings (SSSR count). The molecule has 3 amide bonds. The van der Waals surface area contributed by atoms with Gasteiger partial charge in [0.25, 0.3) is 11.8 Å². The molecular formula is C42H60N10O10S. The number of hydrogen-bond acceptors (Lipinski definition) is 16. The molecule has 3 aliphatic rings. The Labute approximate surface area is 371 Å². The first-order valence-electron chi connectivity index (χ1n) is 21.4. The fraction of sp³-hybridized carbons (Fsp3) is 0.595. The maximum Gasteiger partial charge on any atom is 0.326 e. The number of anilines is 1. The van der Waals surface area contributed by atoms with E-state index in [1.54, 1.807) is 12.1 Å². The highest BCUT2D eigenvalue weighted by molar-refractivity contribution is 7.80. The fourth-order valence-corrected chi connectivity index (χ4v) is 7.77. The Morgan fingerprint density at radius 3 is 2.25 bits per heavy atom. The van der Waals surface area contributed by atoms with Crippen molar-refractivity contribution in [2.75, 3.05) is 30.7 Å². The summed E-state index contributed by atoms with van der Waals surface area (Å²) in [6.07, 6.45) is 5.11. The summed E-state index contributed by atoms with van der Waals surface area (Å²) < 4.78 is 0. The number of nitrogens with two attached hydrogens (primary N) is 2. The van der Waals surface area contributed by atoms with Crippen LogP contribution in [0.2, 0.25) is 0 Å². The number of nitrogens with zero attached hydrogens (tertiary/aromatic N) is 3. The lowest BCUT2D eigenvalue weighted by Gasteiger charge is -2.25. The lowest BCUT2D eigenvalue weighted by atomic mass is 9.91. The highest BCUT2D eigenvalue weighted by Gasteiger charge is 2.34. The normalized spacial score (nSPS) is 19.8. The Balaban J connectivity index is 1.16. The zero-order chi connectivity index (χ0) is 45.9. The third-order valence-corrected chi connectivity index (χ3v) is 11.5. The van der Waals surface area contributed by atoms with Gasteiger partial charge in [0.2, 0.25) is 5.91 Å². The minimum Gasteiger partial charge on any atom is -0.481 e. The second-order valence-corrected chi connectivity index (χ2v) is 16.3. The standard InChI is InChI=1S/C42H60N10O10S/c43-17-5-4-7-25(20-34(55)30-9-6-18-45-30)38(57)50-32(23-63)33(54)10-3-1-2-8-26(40(59)60)19-29(53)15-16-31(41(61)62)49-37(56)24-11-13-27(14-12-24)46-21-28-22-47-36-35(48-28)39(58)52-42(44)51-36/h11-14,22,25-26,30-32,35-36,45-46,63H,1-10,15-21,23,43H2,(H,49,56)(H,50,57)(H,59,60)(H,61,62)(H3,44,51,52,58). The second kappa shape index (κ2) is 25.5. The molecule has 7 atom stereocenters. The summed E-state index contributed by atoms with van der Waals surface area (Å²) in [5.74, 6) is -6.24. The number of unbranched alkanes of at least 4 members (excludes halogenated alkanes) is 3. The summed E-state index contributed by atoms with van der Waals surface area (Å²) in [6, 6.07) is 2.82. The molecule has 21 heteroatoms. The lowest BCUT2D eigenvalue weighted by molar-refractivity contribution is -0.144. The number of benzene rings is 1. The van der Waals surface area contributed by atoms with Gasteiger partial charge in [0.15, 0.2) is 29.7 Å². The Hall–Kier alpha value is -5.54. The summed E-state index contributed by atoms with van der Waals surface area (Å²) in [7, 11) is 0. The van der Waals surface area contributed by atoms with Crippen LogP contribution in [0.25, 0.3) is 0 Å². The molecule has 344 valence electrons. The van der Waals surface area contributed by atoms with Crippen molar-refractivity contribution in [3.05, 3.63) is 29.8 Å². The van der Waals surface area contributed by atoms with Crippen LogP contribution < -0.4 is 38.1 Å². The first-order chi connectivity index (χ1) is 30.2. The quantitative estimate of drug-likeness (QED) is 0.0393. The van der Waals surface area contributed by atoms with Crippen molar-refractivity contribution in [3.8, 4) is 0 Å². The third kappa shape index (κ3) is 16.3. The minimum absolute atomic E-state index is 0.0159. The molecule has 1 saturated heterocycles. The number of thiol groups is 1. The topological polar surface area (TPSA) is 326 Å². The molecular weight excluding hydrogens is 837 g/mol. The van der Waals surface area contributed by atoms with Crippen LogP contribution in [0.3, 0.4) is 0 Å². The van der Waals surface area contributed by atoms with Crippen LogP contribution in [-0.4, -0.2) is 131 Å². The number of nitrogens with one attached hydrogen (secondary N) is 5. The third-order valence-electron chi connectivity index (χ3n) is 11.2. The van der Waals surface area contributed by atoms with Gasteiger partial charge in [-0.25, -0.2) is 9.79 Å². The Morgan fingerprint density at radius 2 is 1.59 bits per heavy atom. The first kappa shape index (κ1) is 50.1. The van der Waals surface area contributed by atoms with Gasteiger partial charge in [-0.05, 0) is 82.3 Å². The molecule has 1 aromatic rings. The molecule has 0 aliphatic carbocycles. The largest absolute Gasteiger partial charge is 0.481 e. The number of ketones is 3. The van der Waals surface area contributed by atoms with Crippen molar-refractivity contribution in [2.45, 2.75) is 120 Å². The minimum atomic E-state index is -1.41. The molecule has 0 spiro atoms. The van der Waals surface area contributed by atoms with E-state index in [2.05, 4.69) is 54.2 Å². The molecule has 0 saturated carbocycles. The Kier molecular flexibility index (Phi) is 20.3. The van der Waals surface area contributed by atoms with Crippen molar-refractivity contribution >= 4 is 83.2 Å². The smallest absolute Gasteiger partial charge is 0.326 e. The zero-order valence-corrected chi connectivity index (χ0v) is 36.2. The van der Waals surface area contributed by atoms with Gasteiger partial charge in [-0.15, -0.1) is 0 Å².